The monoisotopic (exact) mass is 197 g/mol. The molecule has 82 valence electrons. The maximum absolute atomic E-state index is 5.73. The van der Waals surface area contributed by atoms with Gasteiger partial charge in [-0.15, -0.1) is 6.58 Å². The van der Waals surface area contributed by atoms with E-state index < -0.39 is 0 Å². The quantitative estimate of drug-likeness (QED) is 0.479. The Balaban J connectivity index is 2.15. The average molecular weight is 197 g/mol. The van der Waals surface area contributed by atoms with Crippen LogP contribution in [0.2, 0.25) is 0 Å². The Bertz CT molecular complexity index is 158. The van der Waals surface area contributed by atoms with Crippen molar-refractivity contribution >= 4 is 0 Å². The van der Waals surface area contributed by atoms with Crippen molar-refractivity contribution in [1.29, 1.82) is 0 Å². The molecule has 2 nitrogen and oxygen atoms in total. The van der Waals surface area contributed by atoms with Crippen molar-refractivity contribution in [2.45, 2.75) is 38.7 Å². The molecule has 0 aromatic carbocycles. The molecule has 0 aliphatic carbocycles. The number of morpholine rings is 1. The first kappa shape index (κ1) is 11.7. The maximum Gasteiger partial charge on any atom is 0.0702 e. The molecule has 1 fully saturated rings. The van der Waals surface area contributed by atoms with Gasteiger partial charge in [0.25, 0.3) is 0 Å². The molecule has 1 unspecified atom stereocenters. The highest BCUT2D eigenvalue weighted by Crippen LogP contribution is 2.12. The van der Waals surface area contributed by atoms with E-state index in [1.807, 2.05) is 6.08 Å². The Labute approximate surface area is 87.9 Å². The van der Waals surface area contributed by atoms with Crippen molar-refractivity contribution in [2.24, 2.45) is 0 Å². The van der Waals surface area contributed by atoms with Crippen LogP contribution in [0.1, 0.15) is 32.6 Å². The predicted molar refractivity (Wildman–Crippen MR) is 60.5 cm³/mol. The number of ether oxygens (including phenoxy) is 1. The highest BCUT2D eigenvalue weighted by atomic mass is 16.5. The van der Waals surface area contributed by atoms with E-state index in [1.54, 1.807) is 0 Å². The van der Waals surface area contributed by atoms with Crippen LogP contribution in [0.15, 0.2) is 12.7 Å². The summed E-state index contributed by atoms with van der Waals surface area (Å²) in [7, 11) is 0. The normalized spacial score (nSPS) is 23.6. The molecule has 2 heteroatoms. The Morgan fingerprint density at radius 1 is 1.50 bits per heavy atom. The number of hydrogen-bond acceptors (Lipinski definition) is 2. The molecule has 0 N–H and O–H groups in total. The zero-order chi connectivity index (χ0) is 10.2. The summed E-state index contributed by atoms with van der Waals surface area (Å²) in [4.78, 5) is 2.42. The Morgan fingerprint density at radius 2 is 2.36 bits per heavy atom. The zero-order valence-electron chi connectivity index (χ0n) is 9.37. The largest absolute Gasteiger partial charge is 0.376 e. The fourth-order valence-electron chi connectivity index (χ4n) is 1.93. The van der Waals surface area contributed by atoms with Gasteiger partial charge in [-0.25, -0.2) is 0 Å². The van der Waals surface area contributed by atoms with Gasteiger partial charge >= 0.3 is 0 Å². The standard InChI is InChI=1S/C12H23NO/c1-3-5-6-7-12-11-13(8-4-2)9-10-14-12/h4,12H,2-3,5-11H2,1H3. The van der Waals surface area contributed by atoms with Gasteiger partial charge in [-0.1, -0.05) is 32.3 Å². The van der Waals surface area contributed by atoms with Crippen LogP contribution in [0.4, 0.5) is 0 Å². The molecule has 1 aliphatic rings. The first-order valence-electron chi connectivity index (χ1n) is 5.81. The van der Waals surface area contributed by atoms with E-state index in [4.69, 9.17) is 4.74 Å². The lowest BCUT2D eigenvalue weighted by molar-refractivity contribution is -0.0291. The Kier molecular flexibility index (Phi) is 5.88. The first-order chi connectivity index (χ1) is 6.86. The molecule has 1 saturated heterocycles. The number of nitrogens with zero attached hydrogens (tertiary/aromatic N) is 1. The summed E-state index contributed by atoms with van der Waals surface area (Å²) in [5.74, 6) is 0. The minimum atomic E-state index is 0.468. The van der Waals surface area contributed by atoms with Crippen molar-refractivity contribution in [3.05, 3.63) is 12.7 Å². The summed E-state index contributed by atoms with van der Waals surface area (Å²) in [6, 6.07) is 0. The molecule has 14 heavy (non-hydrogen) atoms. The van der Waals surface area contributed by atoms with Gasteiger partial charge in [-0.3, -0.25) is 4.90 Å². The van der Waals surface area contributed by atoms with Gasteiger partial charge in [0, 0.05) is 19.6 Å². The smallest absolute Gasteiger partial charge is 0.0702 e. The average Bonchev–Trinajstić information content (AvgIpc) is 2.19. The van der Waals surface area contributed by atoms with Gasteiger partial charge < -0.3 is 4.74 Å². The van der Waals surface area contributed by atoms with Gasteiger partial charge in [0.15, 0.2) is 0 Å². The first-order valence-corrected chi connectivity index (χ1v) is 5.81. The lowest BCUT2D eigenvalue weighted by atomic mass is 10.1. The molecule has 1 heterocycles. The minimum Gasteiger partial charge on any atom is -0.376 e. The van der Waals surface area contributed by atoms with Crippen LogP contribution < -0.4 is 0 Å². The third kappa shape index (κ3) is 4.25. The molecular weight excluding hydrogens is 174 g/mol. The second-order valence-corrected chi connectivity index (χ2v) is 4.04. The zero-order valence-corrected chi connectivity index (χ0v) is 9.37. The van der Waals surface area contributed by atoms with Crippen LogP contribution in [0.25, 0.3) is 0 Å². The van der Waals surface area contributed by atoms with Crippen LogP contribution in [0.3, 0.4) is 0 Å². The summed E-state index contributed by atoms with van der Waals surface area (Å²) >= 11 is 0. The topological polar surface area (TPSA) is 12.5 Å². The van der Waals surface area contributed by atoms with Crippen LogP contribution in [0, 0.1) is 0 Å². The number of hydrogen-bond donors (Lipinski definition) is 0. The molecule has 0 bridgehead atoms. The summed E-state index contributed by atoms with van der Waals surface area (Å²) in [5.41, 5.74) is 0. The van der Waals surface area contributed by atoms with Gasteiger partial charge in [0.2, 0.25) is 0 Å². The van der Waals surface area contributed by atoms with Crippen molar-refractivity contribution in [3.63, 3.8) is 0 Å². The fourth-order valence-corrected chi connectivity index (χ4v) is 1.93. The minimum absolute atomic E-state index is 0.468. The second-order valence-electron chi connectivity index (χ2n) is 4.04. The molecule has 1 aliphatic heterocycles. The van der Waals surface area contributed by atoms with Crippen molar-refractivity contribution in [3.8, 4) is 0 Å². The van der Waals surface area contributed by atoms with E-state index in [9.17, 15) is 0 Å². The van der Waals surface area contributed by atoms with E-state index in [-0.39, 0.29) is 0 Å². The molecule has 0 amide bonds. The molecule has 0 saturated carbocycles. The van der Waals surface area contributed by atoms with E-state index in [0.717, 1.165) is 26.2 Å². The third-order valence-corrected chi connectivity index (χ3v) is 2.74. The molecule has 0 aromatic rings. The Hall–Kier alpha value is -0.340. The van der Waals surface area contributed by atoms with Gasteiger partial charge in [-0.05, 0) is 6.42 Å². The summed E-state index contributed by atoms with van der Waals surface area (Å²) in [6.45, 7) is 10.1. The summed E-state index contributed by atoms with van der Waals surface area (Å²) < 4.78 is 5.73. The maximum atomic E-state index is 5.73. The number of unbranched alkanes of at least 4 members (excludes halogenated alkanes) is 2. The molecule has 0 radical (unpaired) electrons. The fraction of sp³-hybridized carbons (Fsp3) is 0.833. The highest BCUT2D eigenvalue weighted by Gasteiger charge is 2.18. The lowest BCUT2D eigenvalue weighted by Gasteiger charge is -2.32. The van der Waals surface area contributed by atoms with Crippen molar-refractivity contribution < 1.29 is 4.74 Å². The molecule has 0 spiro atoms. The molecule has 1 rings (SSSR count). The molecular formula is C12H23NO. The van der Waals surface area contributed by atoms with Crippen LogP contribution in [-0.4, -0.2) is 37.2 Å². The van der Waals surface area contributed by atoms with Gasteiger partial charge in [0.1, 0.15) is 0 Å². The van der Waals surface area contributed by atoms with E-state index in [1.165, 1.54) is 25.7 Å². The third-order valence-electron chi connectivity index (χ3n) is 2.74. The van der Waals surface area contributed by atoms with E-state index in [0.29, 0.717) is 6.10 Å². The van der Waals surface area contributed by atoms with Crippen molar-refractivity contribution in [2.75, 3.05) is 26.2 Å². The van der Waals surface area contributed by atoms with Crippen molar-refractivity contribution in [1.82, 2.24) is 4.90 Å². The van der Waals surface area contributed by atoms with Crippen LogP contribution >= 0.6 is 0 Å². The lowest BCUT2D eigenvalue weighted by Crippen LogP contribution is -2.42. The van der Waals surface area contributed by atoms with Gasteiger partial charge in [-0.2, -0.15) is 0 Å². The molecule has 1 atom stereocenters. The van der Waals surface area contributed by atoms with E-state index in [2.05, 4.69) is 18.4 Å². The predicted octanol–water partition coefficient (Wildman–Crippen LogP) is 2.45. The van der Waals surface area contributed by atoms with Crippen LogP contribution in [-0.2, 0) is 4.74 Å². The highest BCUT2D eigenvalue weighted by molar-refractivity contribution is 4.78. The van der Waals surface area contributed by atoms with Gasteiger partial charge in [0.05, 0.1) is 12.7 Å². The number of rotatable bonds is 6. The van der Waals surface area contributed by atoms with Crippen LogP contribution in [0.5, 0.6) is 0 Å². The molecule has 0 aromatic heterocycles. The van der Waals surface area contributed by atoms with E-state index >= 15 is 0 Å². The summed E-state index contributed by atoms with van der Waals surface area (Å²) in [5, 5.41) is 0. The Morgan fingerprint density at radius 3 is 3.07 bits per heavy atom. The second kappa shape index (κ2) is 7.02. The summed E-state index contributed by atoms with van der Waals surface area (Å²) in [6.07, 6.45) is 7.61. The SMILES string of the molecule is C=CCN1CCOC(CCCCC)C1.